The monoisotopic (exact) mass is 303 g/mol. The van der Waals surface area contributed by atoms with Gasteiger partial charge in [0, 0.05) is 10.4 Å². The molecule has 0 saturated heterocycles. The number of thiophene rings is 1. The highest BCUT2D eigenvalue weighted by Gasteiger charge is 2.21. The van der Waals surface area contributed by atoms with E-state index >= 15 is 0 Å². The van der Waals surface area contributed by atoms with E-state index in [1.807, 2.05) is 42.6 Å². The van der Waals surface area contributed by atoms with Gasteiger partial charge in [0.05, 0.1) is 19.6 Å². The summed E-state index contributed by atoms with van der Waals surface area (Å²) < 4.78 is 4.70. The van der Waals surface area contributed by atoms with Crippen molar-refractivity contribution >= 4 is 23.2 Å². The Kier molecular flexibility index (Phi) is 5.11. The second kappa shape index (κ2) is 7.04. The highest BCUT2D eigenvalue weighted by molar-refractivity contribution is 7.10. The summed E-state index contributed by atoms with van der Waals surface area (Å²) in [5.74, 6) is -0.533. The van der Waals surface area contributed by atoms with Gasteiger partial charge in [0.15, 0.2) is 0 Å². The number of aryl methyl sites for hydroxylation is 1. The molecule has 1 N–H and O–H groups in total. The zero-order valence-corrected chi connectivity index (χ0v) is 12.8. The van der Waals surface area contributed by atoms with Crippen molar-refractivity contribution in [2.24, 2.45) is 0 Å². The van der Waals surface area contributed by atoms with E-state index in [-0.39, 0.29) is 24.3 Å². The Morgan fingerprint density at radius 3 is 2.62 bits per heavy atom. The number of methoxy groups -OCH3 is 1. The minimum atomic E-state index is -0.371. The average Bonchev–Trinajstić information content (AvgIpc) is 3.01. The maximum Gasteiger partial charge on any atom is 0.307 e. The Hall–Kier alpha value is -2.14. The molecule has 0 aliphatic carbocycles. The molecule has 2 rings (SSSR count). The minimum absolute atomic E-state index is 0.120. The van der Waals surface area contributed by atoms with Gasteiger partial charge in [-0.1, -0.05) is 24.3 Å². The first-order valence-corrected chi connectivity index (χ1v) is 7.46. The summed E-state index contributed by atoms with van der Waals surface area (Å²) in [6.45, 7) is 1.88. The molecule has 1 unspecified atom stereocenters. The molecule has 0 spiro atoms. The van der Waals surface area contributed by atoms with Crippen LogP contribution >= 0.6 is 11.3 Å². The van der Waals surface area contributed by atoms with Gasteiger partial charge in [-0.15, -0.1) is 11.3 Å². The average molecular weight is 303 g/mol. The number of nitrogens with one attached hydrogen (secondary N) is 1. The van der Waals surface area contributed by atoms with Gasteiger partial charge in [0.1, 0.15) is 0 Å². The highest BCUT2D eigenvalue weighted by atomic mass is 32.1. The molecule has 1 aromatic carbocycles. The number of ether oxygens (including phenoxy) is 1. The third-order valence-corrected chi connectivity index (χ3v) is 4.17. The molecule has 110 valence electrons. The number of hydrogen-bond acceptors (Lipinski definition) is 4. The van der Waals surface area contributed by atoms with Gasteiger partial charge in [0.25, 0.3) is 5.91 Å². The van der Waals surface area contributed by atoms with Crippen LogP contribution in [0.1, 0.15) is 33.3 Å². The van der Waals surface area contributed by atoms with E-state index in [2.05, 4.69) is 5.32 Å². The van der Waals surface area contributed by atoms with E-state index in [9.17, 15) is 9.59 Å². The fraction of sp³-hybridized carbons (Fsp3) is 0.250. The largest absolute Gasteiger partial charge is 0.469 e. The van der Waals surface area contributed by atoms with Crippen molar-refractivity contribution < 1.29 is 14.3 Å². The number of rotatable bonds is 5. The molecule has 0 bridgehead atoms. The zero-order valence-electron chi connectivity index (χ0n) is 12.0. The topological polar surface area (TPSA) is 55.4 Å². The summed E-state index contributed by atoms with van der Waals surface area (Å²) in [5.41, 5.74) is 1.52. The van der Waals surface area contributed by atoms with Crippen LogP contribution in [-0.4, -0.2) is 19.0 Å². The number of carbonyl (C=O) groups is 2. The van der Waals surface area contributed by atoms with Crippen LogP contribution in [0.4, 0.5) is 0 Å². The third-order valence-electron chi connectivity index (χ3n) is 3.18. The fourth-order valence-corrected chi connectivity index (χ4v) is 2.80. The van der Waals surface area contributed by atoms with Crippen molar-refractivity contribution in [3.8, 4) is 0 Å². The number of hydrogen-bond donors (Lipinski definition) is 1. The molecule has 1 amide bonds. The Morgan fingerprint density at radius 1 is 1.24 bits per heavy atom. The number of esters is 1. The smallest absolute Gasteiger partial charge is 0.307 e. The lowest BCUT2D eigenvalue weighted by Crippen LogP contribution is -2.30. The van der Waals surface area contributed by atoms with Crippen LogP contribution in [0.3, 0.4) is 0 Å². The first-order valence-electron chi connectivity index (χ1n) is 6.58. The molecule has 2 aromatic rings. The van der Waals surface area contributed by atoms with Gasteiger partial charge in [-0.3, -0.25) is 9.59 Å². The molecular formula is C16H17NO3S. The molecule has 21 heavy (non-hydrogen) atoms. The Bertz CT molecular complexity index is 622. The first-order chi connectivity index (χ1) is 10.1. The molecule has 1 aromatic heterocycles. The summed E-state index contributed by atoms with van der Waals surface area (Å²) in [5, 5.41) is 4.83. The Labute approximate surface area is 127 Å². The second-order valence-electron chi connectivity index (χ2n) is 4.64. The van der Waals surface area contributed by atoms with Gasteiger partial charge in [-0.05, 0) is 30.0 Å². The van der Waals surface area contributed by atoms with Crippen LogP contribution in [0.25, 0.3) is 0 Å². The maximum absolute atomic E-state index is 12.4. The highest BCUT2D eigenvalue weighted by Crippen LogP contribution is 2.23. The van der Waals surface area contributed by atoms with Crippen molar-refractivity contribution in [2.45, 2.75) is 19.4 Å². The van der Waals surface area contributed by atoms with Crippen LogP contribution in [0, 0.1) is 6.92 Å². The van der Waals surface area contributed by atoms with E-state index in [0.717, 1.165) is 10.4 Å². The van der Waals surface area contributed by atoms with E-state index in [1.54, 1.807) is 6.07 Å². The van der Waals surface area contributed by atoms with Gasteiger partial charge < -0.3 is 10.1 Å². The van der Waals surface area contributed by atoms with Gasteiger partial charge in [-0.25, -0.2) is 0 Å². The van der Waals surface area contributed by atoms with Crippen molar-refractivity contribution in [1.29, 1.82) is 0 Å². The molecule has 0 aliphatic heterocycles. The SMILES string of the molecule is COC(=O)CC(NC(=O)c1ccccc1C)c1cccs1. The maximum atomic E-state index is 12.4. The molecule has 1 heterocycles. The predicted molar refractivity (Wildman–Crippen MR) is 82.3 cm³/mol. The lowest BCUT2D eigenvalue weighted by atomic mass is 10.1. The molecule has 0 fully saturated rings. The van der Waals surface area contributed by atoms with Gasteiger partial charge >= 0.3 is 5.97 Å². The van der Waals surface area contributed by atoms with E-state index in [4.69, 9.17) is 4.74 Å². The third kappa shape index (κ3) is 3.92. The van der Waals surface area contributed by atoms with Crippen molar-refractivity contribution in [2.75, 3.05) is 7.11 Å². The van der Waals surface area contributed by atoms with Gasteiger partial charge in [-0.2, -0.15) is 0 Å². The Balaban J connectivity index is 2.17. The standard InChI is InChI=1S/C16H17NO3S/c1-11-6-3-4-7-12(11)16(19)17-13(10-15(18)20-2)14-8-5-9-21-14/h3-9,13H,10H2,1-2H3,(H,17,19). The quantitative estimate of drug-likeness (QED) is 0.864. The van der Waals surface area contributed by atoms with E-state index in [1.165, 1.54) is 18.4 Å². The van der Waals surface area contributed by atoms with Crippen molar-refractivity contribution in [3.63, 3.8) is 0 Å². The number of amides is 1. The number of carbonyl (C=O) groups excluding carboxylic acids is 2. The first kappa shape index (κ1) is 15.3. The minimum Gasteiger partial charge on any atom is -0.469 e. The van der Waals surface area contributed by atoms with Crippen LogP contribution in [0.2, 0.25) is 0 Å². The molecule has 0 radical (unpaired) electrons. The normalized spacial score (nSPS) is 11.7. The molecule has 4 nitrogen and oxygen atoms in total. The summed E-state index contributed by atoms with van der Waals surface area (Å²) in [6.07, 6.45) is 0.120. The van der Waals surface area contributed by atoms with Crippen LogP contribution in [0.15, 0.2) is 41.8 Å². The summed E-state index contributed by atoms with van der Waals surface area (Å²) in [4.78, 5) is 24.8. The molecular weight excluding hydrogens is 286 g/mol. The number of benzene rings is 1. The molecule has 1 atom stereocenters. The van der Waals surface area contributed by atoms with Crippen molar-refractivity contribution in [1.82, 2.24) is 5.32 Å². The molecule has 0 saturated carbocycles. The summed E-state index contributed by atoms with van der Waals surface area (Å²) in [7, 11) is 1.34. The summed E-state index contributed by atoms with van der Waals surface area (Å²) in [6, 6.07) is 10.8. The second-order valence-corrected chi connectivity index (χ2v) is 5.62. The zero-order chi connectivity index (χ0) is 15.2. The van der Waals surface area contributed by atoms with Crippen LogP contribution in [-0.2, 0) is 9.53 Å². The van der Waals surface area contributed by atoms with Crippen LogP contribution in [0.5, 0.6) is 0 Å². The summed E-state index contributed by atoms with van der Waals surface area (Å²) >= 11 is 1.50. The molecule has 0 aliphatic rings. The Morgan fingerprint density at radius 2 is 2.00 bits per heavy atom. The van der Waals surface area contributed by atoms with Crippen molar-refractivity contribution in [3.05, 3.63) is 57.8 Å². The predicted octanol–water partition coefficient (Wildman–Crippen LogP) is 3.09. The van der Waals surface area contributed by atoms with E-state index in [0.29, 0.717) is 5.56 Å². The lowest BCUT2D eigenvalue weighted by Gasteiger charge is -2.17. The lowest BCUT2D eigenvalue weighted by molar-refractivity contribution is -0.141. The molecule has 5 heteroatoms. The fourth-order valence-electron chi connectivity index (χ4n) is 2.03. The van der Waals surface area contributed by atoms with Gasteiger partial charge in [0.2, 0.25) is 0 Å². The van der Waals surface area contributed by atoms with Crippen LogP contribution < -0.4 is 5.32 Å². The van der Waals surface area contributed by atoms with E-state index < -0.39 is 0 Å².